The molecule has 0 aromatic carbocycles. The van der Waals surface area contributed by atoms with Gasteiger partial charge in [0.15, 0.2) is 5.96 Å². The fourth-order valence-corrected chi connectivity index (χ4v) is 5.04. The van der Waals surface area contributed by atoms with Gasteiger partial charge in [-0.25, -0.2) is 0 Å². The van der Waals surface area contributed by atoms with Crippen molar-refractivity contribution in [1.82, 2.24) is 20.1 Å². The van der Waals surface area contributed by atoms with Gasteiger partial charge >= 0.3 is 0 Å². The van der Waals surface area contributed by atoms with Gasteiger partial charge in [0.1, 0.15) is 0 Å². The molecule has 2 aliphatic carbocycles. The first kappa shape index (κ1) is 21.3. The first-order valence-corrected chi connectivity index (χ1v) is 11.3. The zero-order valence-electron chi connectivity index (χ0n) is 18.0. The van der Waals surface area contributed by atoms with Crippen molar-refractivity contribution in [2.45, 2.75) is 32.7 Å². The molecule has 2 fully saturated rings. The van der Waals surface area contributed by atoms with Gasteiger partial charge in [-0.05, 0) is 44.1 Å². The third-order valence-electron chi connectivity index (χ3n) is 6.51. The number of hydrogen-bond donors (Lipinski definition) is 2. The Morgan fingerprint density at radius 2 is 1.77 bits per heavy atom. The van der Waals surface area contributed by atoms with Crippen LogP contribution in [0.1, 0.15) is 26.2 Å². The monoisotopic (exact) mass is 425 g/mol. The van der Waals surface area contributed by atoms with Crippen LogP contribution < -0.4 is 16.2 Å². The van der Waals surface area contributed by atoms with E-state index in [2.05, 4.69) is 27.8 Å². The van der Waals surface area contributed by atoms with Gasteiger partial charge in [-0.2, -0.15) is 0 Å². The molecule has 4 unspecified atom stereocenters. The molecule has 166 valence electrons. The summed E-state index contributed by atoms with van der Waals surface area (Å²) in [5, 5.41) is 6.43. The normalized spacial score (nSPS) is 26.6. The summed E-state index contributed by atoms with van der Waals surface area (Å²) in [6.07, 6.45) is 8.71. The van der Waals surface area contributed by atoms with Crippen molar-refractivity contribution in [1.29, 1.82) is 0 Å². The molecular formula is C23H31N5O3. The number of aliphatic imine (C=N–C) groups is 1. The number of aryl methyl sites for hydroxylation is 1. The summed E-state index contributed by atoms with van der Waals surface area (Å²) in [6.45, 7) is 4.88. The molecule has 2 N–H and O–H groups in total. The van der Waals surface area contributed by atoms with Crippen molar-refractivity contribution in [2.75, 3.05) is 26.2 Å². The van der Waals surface area contributed by atoms with Crippen LogP contribution in [0.15, 0.2) is 46.3 Å². The second-order valence-corrected chi connectivity index (χ2v) is 8.45. The molecule has 31 heavy (non-hydrogen) atoms. The fraction of sp³-hybridized carbons (Fsp3) is 0.565. The molecule has 1 aromatic heterocycles. The highest BCUT2D eigenvalue weighted by Crippen LogP contribution is 2.52. The predicted molar refractivity (Wildman–Crippen MR) is 118 cm³/mol. The quantitative estimate of drug-likeness (QED) is 0.202. The minimum atomic E-state index is -0.137. The maximum absolute atomic E-state index is 12.7. The van der Waals surface area contributed by atoms with E-state index < -0.39 is 0 Å². The molecule has 2 amide bonds. The van der Waals surface area contributed by atoms with E-state index in [0.717, 1.165) is 25.8 Å². The van der Waals surface area contributed by atoms with Gasteiger partial charge in [0, 0.05) is 45.0 Å². The molecule has 4 atom stereocenters. The lowest BCUT2D eigenvalue weighted by Crippen LogP contribution is -2.43. The van der Waals surface area contributed by atoms with Crippen LogP contribution in [0.25, 0.3) is 0 Å². The fourth-order valence-electron chi connectivity index (χ4n) is 5.04. The average molecular weight is 426 g/mol. The minimum absolute atomic E-state index is 0.00764. The summed E-state index contributed by atoms with van der Waals surface area (Å²) in [7, 11) is 0. The van der Waals surface area contributed by atoms with Gasteiger partial charge in [-0.15, -0.1) is 0 Å². The maximum atomic E-state index is 12.7. The first-order valence-electron chi connectivity index (χ1n) is 11.3. The molecular weight excluding hydrogens is 394 g/mol. The Bertz CT molecular complexity index is 907. The van der Waals surface area contributed by atoms with E-state index in [0.29, 0.717) is 32.1 Å². The van der Waals surface area contributed by atoms with E-state index >= 15 is 0 Å². The molecule has 0 spiro atoms. The van der Waals surface area contributed by atoms with Crippen molar-refractivity contribution in [3.8, 4) is 0 Å². The Morgan fingerprint density at radius 3 is 2.45 bits per heavy atom. The Kier molecular flexibility index (Phi) is 6.53. The summed E-state index contributed by atoms with van der Waals surface area (Å²) >= 11 is 0. The van der Waals surface area contributed by atoms with Crippen LogP contribution in [0, 0.1) is 23.7 Å². The van der Waals surface area contributed by atoms with Gasteiger partial charge in [0.2, 0.25) is 17.4 Å². The smallest absolute Gasteiger partial charge is 0.250 e. The first-order chi connectivity index (χ1) is 15.1. The number of pyridine rings is 1. The number of nitrogens with zero attached hydrogens (tertiary/aromatic N) is 3. The van der Waals surface area contributed by atoms with Gasteiger partial charge in [-0.1, -0.05) is 18.2 Å². The van der Waals surface area contributed by atoms with Crippen molar-refractivity contribution in [3.05, 3.63) is 46.9 Å². The van der Waals surface area contributed by atoms with Crippen molar-refractivity contribution in [3.63, 3.8) is 0 Å². The molecule has 1 aromatic rings. The zero-order valence-corrected chi connectivity index (χ0v) is 18.0. The number of carbonyl (C=O) groups is 2. The highest BCUT2D eigenvalue weighted by atomic mass is 16.2. The largest absolute Gasteiger partial charge is 0.357 e. The molecule has 3 aliphatic rings. The van der Waals surface area contributed by atoms with E-state index in [-0.39, 0.29) is 41.0 Å². The lowest BCUT2D eigenvalue weighted by atomic mass is 9.85. The molecule has 8 nitrogen and oxygen atoms in total. The van der Waals surface area contributed by atoms with Crippen LogP contribution in [-0.4, -0.2) is 53.4 Å². The number of carbonyl (C=O) groups excluding carboxylic acids is 2. The number of guanidine groups is 1. The summed E-state index contributed by atoms with van der Waals surface area (Å²) in [5.41, 5.74) is 0.0138. The third kappa shape index (κ3) is 4.43. The number of amides is 2. The highest BCUT2D eigenvalue weighted by molar-refractivity contribution is 6.06. The van der Waals surface area contributed by atoms with E-state index in [1.807, 2.05) is 13.0 Å². The lowest BCUT2D eigenvalue weighted by Gasteiger charge is -2.18. The second-order valence-electron chi connectivity index (χ2n) is 8.45. The average Bonchev–Trinajstić information content (AvgIpc) is 3.44. The number of hydrogen-bond acceptors (Lipinski definition) is 4. The van der Waals surface area contributed by atoms with Crippen molar-refractivity contribution >= 4 is 17.8 Å². The topological polar surface area (TPSA) is 95.8 Å². The molecule has 1 saturated carbocycles. The number of imide groups is 1. The minimum Gasteiger partial charge on any atom is -0.357 e. The van der Waals surface area contributed by atoms with Crippen LogP contribution >= 0.6 is 0 Å². The summed E-state index contributed by atoms with van der Waals surface area (Å²) in [5.74, 6) is 0.881. The summed E-state index contributed by atoms with van der Waals surface area (Å²) in [6, 6.07) is 5.17. The van der Waals surface area contributed by atoms with E-state index in [1.54, 1.807) is 22.9 Å². The van der Waals surface area contributed by atoms with Crippen molar-refractivity contribution in [2.24, 2.45) is 28.7 Å². The highest BCUT2D eigenvalue weighted by Gasteiger charge is 2.58. The van der Waals surface area contributed by atoms with E-state index in [9.17, 15) is 14.4 Å². The Hall–Kier alpha value is -2.90. The SMILES string of the molecule is CCNC(=NCCCCn1ccccc1=O)NCCN1C(=O)C2C3C=CC(C3)C2C1=O. The summed E-state index contributed by atoms with van der Waals surface area (Å²) < 4.78 is 1.70. The van der Waals surface area contributed by atoms with Gasteiger partial charge in [0.05, 0.1) is 11.8 Å². The lowest BCUT2D eigenvalue weighted by molar-refractivity contribution is -0.140. The van der Waals surface area contributed by atoms with Crippen LogP contribution in [0.4, 0.5) is 0 Å². The molecule has 8 heteroatoms. The Balaban J connectivity index is 1.22. The molecule has 1 aliphatic heterocycles. The Labute approximate surface area is 182 Å². The van der Waals surface area contributed by atoms with Crippen molar-refractivity contribution < 1.29 is 9.59 Å². The van der Waals surface area contributed by atoms with E-state index in [4.69, 9.17) is 0 Å². The van der Waals surface area contributed by atoms with Crippen LogP contribution in [0.3, 0.4) is 0 Å². The second kappa shape index (κ2) is 9.49. The number of nitrogens with one attached hydrogen (secondary N) is 2. The number of allylic oxidation sites excluding steroid dienone is 2. The maximum Gasteiger partial charge on any atom is 0.250 e. The molecule has 4 rings (SSSR count). The van der Waals surface area contributed by atoms with Gasteiger partial charge in [-0.3, -0.25) is 24.3 Å². The number of fused-ring (bicyclic) bond motifs is 5. The molecule has 0 radical (unpaired) electrons. The third-order valence-corrected chi connectivity index (χ3v) is 6.51. The van der Waals surface area contributed by atoms with Crippen LogP contribution in [-0.2, 0) is 16.1 Å². The molecule has 2 heterocycles. The van der Waals surface area contributed by atoms with Gasteiger partial charge < -0.3 is 15.2 Å². The number of aromatic nitrogens is 1. The molecule has 2 bridgehead atoms. The van der Waals surface area contributed by atoms with Crippen LogP contribution in [0.2, 0.25) is 0 Å². The Morgan fingerprint density at radius 1 is 1.03 bits per heavy atom. The van der Waals surface area contributed by atoms with Crippen LogP contribution in [0.5, 0.6) is 0 Å². The standard InChI is InChI=1S/C23H31N5O3/c1-2-24-23(25-10-4-6-13-27-12-5-3-7-18(27)29)26-11-14-28-21(30)19-16-8-9-17(15-16)20(19)22(28)31/h3,5,7-9,12,16-17,19-20H,2,4,6,10-11,13-15H2,1H3,(H2,24,25,26). The number of likely N-dealkylation sites (tertiary alicyclic amines) is 1. The van der Waals surface area contributed by atoms with E-state index in [1.165, 1.54) is 4.90 Å². The number of rotatable bonds is 9. The number of unbranched alkanes of at least 4 members (excludes halogenated alkanes) is 1. The van der Waals surface area contributed by atoms with Gasteiger partial charge in [0.25, 0.3) is 0 Å². The summed E-state index contributed by atoms with van der Waals surface area (Å²) in [4.78, 5) is 43.2. The zero-order chi connectivity index (χ0) is 21.8. The predicted octanol–water partition coefficient (Wildman–Crippen LogP) is 0.991. The molecule has 1 saturated heterocycles.